The van der Waals surface area contributed by atoms with Crippen molar-refractivity contribution < 1.29 is 5.11 Å². The van der Waals surface area contributed by atoms with E-state index in [-0.39, 0.29) is 0 Å². The SMILES string of the molecule is Cc1c(-c2ccn[nH]2)sc2c(NCC(C)(C)O)cc(N)nc12. The van der Waals surface area contributed by atoms with Gasteiger partial charge >= 0.3 is 0 Å². The number of nitrogen functional groups attached to an aromatic ring is 1. The number of nitrogens with zero attached hydrogens (tertiary/aromatic N) is 2. The van der Waals surface area contributed by atoms with Crippen molar-refractivity contribution >= 4 is 33.1 Å². The van der Waals surface area contributed by atoms with Gasteiger partial charge in [0.05, 0.1) is 32.1 Å². The molecule has 22 heavy (non-hydrogen) atoms. The van der Waals surface area contributed by atoms with Crippen molar-refractivity contribution in [1.82, 2.24) is 15.2 Å². The lowest BCUT2D eigenvalue weighted by Crippen LogP contribution is -2.29. The summed E-state index contributed by atoms with van der Waals surface area (Å²) in [7, 11) is 0. The van der Waals surface area contributed by atoms with E-state index in [0.29, 0.717) is 12.4 Å². The second-order valence-electron chi connectivity index (χ2n) is 5.96. The first-order chi connectivity index (χ1) is 10.3. The second-order valence-corrected chi connectivity index (χ2v) is 6.99. The topological polar surface area (TPSA) is 99.8 Å². The lowest BCUT2D eigenvalue weighted by molar-refractivity contribution is 0.0945. The third-order valence-corrected chi connectivity index (χ3v) is 4.70. The largest absolute Gasteiger partial charge is 0.389 e. The number of hydrogen-bond donors (Lipinski definition) is 4. The number of aromatic amines is 1. The van der Waals surface area contributed by atoms with Crippen molar-refractivity contribution in [2.45, 2.75) is 26.4 Å². The molecule has 0 aliphatic heterocycles. The van der Waals surface area contributed by atoms with Gasteiger partial charge in [-0.15, -0.1) is 11.3 Å². The molecule has 3 aromatic heterocycles. The monoisotopic (exact) mass is 317 g/mol. The normalized spacial score (nSPS) is 12.0. The molecule has 3 aromatic rings. The number of nitrogens with one attached hydrogen (secondary N) is 2. The minimum atomic E-state index is -0.803. The molecule has 0 radical (unpaired) electrons. The molecule has 0 unspecified atom stereocenters. The fraction of sp³-hybridized carbons (Fsp3) is 0.333. The van der Waals surface area contributed by atoms with E-state index in [0.717, 1.165) is 32.0 Å². The summed E-state index contributed by atoms with van der Waals surface area (Å²) < 4.78 is 1.03. The molecule has 0 aromatic carbocycles. The number of aryl methyl sites for hydroxylation is 1. The number of pyridine rings is 1. The highest BCUT2D eigenvalue weighted by atomic mass is 32.1. The lowest BCUT2D eigenvalue weighted by atomic mass is 10.1. The van der Waals surface area contributed by atoms with Gasteiger partial charge in [-0.1, -0.05) is 0 Å². The molecular weight excluding hydrogens is 298 g/mol. The number of H-pyrrole nitrogens is 1. The standard InChI is InChI=1S/C15H19N5OS/c1-8-12-14(22-13(8)9-4-5-18-20-9)10(6-11(16)19-12)17-7-15(2,3)21/h4-6,21H,7H2,1-3H3,(H,18,20)(H3,16,17,19). The Morgan fingerprint density at radius 1 is 1.45 bits per heavy atom. The third kappa shape index (κ3) is 2.77. The maximum absolute atomic E-state index is 9.91. The zero-order valence-corrected chi connectivity index (χ0v) is 13.6. The number of anilines is 2. The zero-order chi connectivity index (χ0) is 15.9. The molecule has 3 rings (SSSR count). The lowest BCUT2D eigenvalue weighted by Gasteiger charge is -2.19. The average molecular weight is 317 g/mol. The molecule has 7 heteroatoms. The van der Waals surface area contributed by atoms with Crippen LogP contribution in [0.2, 0.25) is 0 Å². The van der Waals surface area contributed by atoms with E-state index in [2.05, 4.69) is 20.5 Å². The molecule has 0 spiro atoms. The van der Waals surface area contributed by atoms with Gasteiger partial charge in [-0.2, -0.15) is 5.10 Å². The Labute approximate surface area is 132 Å². The highest BCUT2D eigenvalue weighted by molar-refractivity contribution is 7.23. The molecule has 6 nitrogen and oxygen atoms in total. The Balaban J connectivity index is 2.11. The Kier molecular flexibility index (Phi) is 3.54. The second kappa shape index (κ2) is 5.26. The van der Waals surface area contributed by atoms with Crippen LogP contribution in [-0.4, -0.2) is 32.4 Å². The predicted octanol–water partition coefficient (Wildman–Crippen LogP) is 2.76. The number of rotatable bonds is 4. The smallest absolute Gasteiger partial charge is 0.126 e. The van der Waals surface area contributed by atoms with Gasteiger partial charge in [0.15, 0.2) is 0 Å². The summed E-state index contributed by atoms with van der Waals surface area (Å²) in [6, 6.07) is 3.74. The number of fused-ring (bicyclic) bond motifs is 1. The predicted molar refractivity (Wildman–Crippen MR) is 91.1 cm³/mol. The summed E-state index contributed by atoms with van der Waals surface area (Å²) >= 11 is 1.63. The van der Waals surface area contributed by atoms with Gasteiger partial charge in [0.25, 0.3) is 0 Å². The van der Waals surface area contributed by atoms with E-state index < -0.39 is 5.60 Å². The number of hydrogen-bond acceptors (Lipinski definition) is 6. The quantitative estimate of drug-likeness (QED) is 0.593. The molecule has 0 bridgehead atoms. The fourth-order valence-electron chi connectivity index (χ4n) is 2.28. The summed E-state index contributed by atoms with van der Waals surface area (Å²) in [5.41, 5.74) is 8.94. The van der Waals surface area contributed by atoms with E-state index in [1.165, 1.54) is 0 Å². The van der Waals surface area contributed by atoms with Crippen LogP contribution in [0.15, 0.2) is 18.3 Å². The molecule has 5 N–H and O–H groups in total. The molecule has 3 heterocycles. The molecule has 0 amide bonds. The fourth-order valence-corrected chi connectivity index (χ4v) is 3.49. The molecule has 0 atom stereocenters. The first-order valence-corrected chi connectivity index (χ1v) is 7.82. The minimum Gasteiger partial charge on any atom is -0.389 e. The van der Waals surface area contributed by atoms with E-state index in [9.17, 15) is 5.11 Å². The van der Waals surface area contributed by atoms with Crippen LogP contribution in [0, 0.1) is 6.92 Å². The summed E-state index contributed by atoms with van der Waals surface area (Å²) in [6.45, 7) is 5.98. The Hall–Kier alpha value is -2.12. The van der Waals surface area contributed by atoms with E-state index in [1.54, 1.807) is 37.4 Å². The minimum absolute atomic E-state index is 0.432. The van der Waals surface area contributed by atoms with Crippen molar-refractivity contribution in [3.05, 3.63) is 23.9 Å². The van der Waals surface area contributed by atoms with Crippen LogP contribution in [0.25, 0.3) is 20.8 Å². The van der Waals surface area contributed by atoms with Gasteiger partial charge in [0.2, 0.25) is 0 Å². The third-order valence-electron chi connectivity index (χ3n) is 3.35. The Bertz CT molecular complexity index is 802. The number of aromatic nitrogens is 3. The van der Waals surface area contributed by atoms with Gasteiger partial charge in [-0.3, -0.25) is 5.10 Å². The van der Waals surface area contributed by atoms with Gasteiger partial charge in [0.1, 0.15) is 5.82 Å². The van der Waals surface area contributed by atoms with Crippen LogP contribution in [0.1, 0.15) is 19.4 Å². The molecule has 0 saturated carbocycles. The zero-order valence-electron chi connectivity index (χ0n) is 12.8. The van der Waals surface area contributed by atoms with Crippen LogP contribution < -0.4 is 11.1 Å². The van der Waals surface area contributed by atoms with Crippen LogP contribution >= 0.6 is 11.3 Å². The van der Waals surface area contributed by atoms with Crippen molar-refractivity contribution in [2.24, 2.45) is 0 Å². The Morgan fingerprint density at radius 3 is 2.86 bits per heavy atom. The average Bonchev–Trinajstić information content (AvgIpc) is 3.04. The van der Waals surface area contributed by atoms with Crippen molar-refractivity contribution in [2.75, 3.05) is 17.6 Å². The van der Waals surface area contributed by atoms with Crippen molar-refractivity contribution in [3.8, 4) is 10.6 Å². The first kappa shape index (κ1) is 14.8. The van der Waals surface area contributed by atoms with Gasteiger partial charge < -0.3 is 16.2 Å². The van der Waals surface area contributed by atoms with Crippen LogP contribution in [0.4, 0.5) is 11.5 Å². The summed E-state index contributed by atoms with van der Waals surface area (Å²) in [5, 5.41) is 20.2. The first-order valence-electron chi connectivity index (χ1n) is 7.01. The molecule has 116 valence electrons. The molecular formula is C15H19N5OS. The highest BCUT2D eigenvalue weighted by Gasteiger charge is 2.18. The number of thiophene rings is 1. The summed E-state index contributed by atoms with van der Waals surface area (Å²) in [5.74, 6) is 0.461. The van der Waals surface area contributed by atoms with Crippen molar-refractivity contribution in [1.29, 1.82) is 0 Å². The molecule has 0 aliphatic carbocycles. The van der Waals surface area contributed by atoms with Gasteiger partial charge in [0, 0.05) is 18.8 Å². The summed E-state index contributed by atoms with van der Waals surface area (Å²) in [4.78, 5) is 5.56. The van der Waals surface area contributed by atoms with Crippen LogP contribution in [-0.2, 0) is 0 Å². The molecule has 0 fully saturated rings. The maximum atomic E-state index is 9.91. The number of aliphatic hydroxyl groups is 1. The van der Waals surface area contributed by atoms with Gasteiger partial charge in [-0.25, -0.2) is 4.98 Å². The van der Waals surface area contributed by atoms with Gasteiger partial charge in [-0.05, 0) is 32.4 Å². The van der Waals surface area contributed by atoms with E-state index in [1.807, 2.05) is 13.0 Å². The number of nitrogens with two attached hydrogens (primary N) is 1. The van der Waals surface area contributed by atoms with Crippen molar-refractivity contribution in [3.63, 3.8) is 0 Å². The highest BCUT2D eigenvalue weighted by Crippen LogP contribution is 2.40. The van der Waals surface area contributed by atoms with E-state index >= 15 is 0 Å². The van der Waals surface area contributed by atoms with Crippen LogP contribution in [0.3, 0.4) is 0 Å². The maximum Gasteiger partial charge on any atom is 0.126 e. The molecule has 0 saturated heterocycles. The van der Waals surface area contributed by atoms with Crippen LogP contribution in [0.5, 0.6) is 0 Å². The van der Waals surface area contributed by atoms with E-state index in [4.69, 9.17) is 5.73 Å². The summed E-state index contributed by atoms with van der Waals surface area (Å²) in [6.07, 6.45) is 1.73. The molecule has 0 aliphatic rings. The Morgan fingerprint density at radius 2 is 2.23 bits per heavy atom.